The zero-order chi connectivity index (χ0) is 19.9. The second-order valence-corrected chi connectivity index (χ2v) is 9.24. The summed E-state index contributed by atoms with van der Waals surface area (Å²) in [6.45, 7) is 12.0. The summed E-state index contributed by atoms with van der Waals surface area (Å²) in [5.74, 6) is 0.443. The normalized spacial score (nSPS) is 16.2. The quantitative estimate of drug-likeness (QED) is 0.336. The van der Waals surface area contributed by atoms with Crippen LogP contribution in [0.1, 0.15) is 20.8 Å². The lowest BCUT2D eigenvalue weighted by atomic mass is 10.2. The van der Waals surface area contributed by atoms with E-state index < -0.39 is 15.7 Å². The highest BCUT2D eigenvalue weighted by molar-refractivity contribution is 14.0. The summed E-state index contributed by atoms with van der Waals surface area (Å²) in [7, 11) is -3.69. The molecule has 1 saturated heterocycles. The van der Waals surface area contributed by atoms with Crippen LogP contribution in [0.5, 0.6) is 0 Å². The van der Waals surface area contributed by atoms with Crippen LogP contribution in [0.25, 0.3) is 0 Å². The van der Waals surface area contributed by atoms with Crippen molar-refractivity contribution in [3.8, 4) is 0 Å². The lowest BCUT2D eigenvalue weighted by Gasteiger charge is -2.37. The minimum atomic E-state index is -3.69. The second-order valence-electron chi connectivity index (χ2n) is 7.17. The summed E-state index contributed by atoms with van der Waals surface area (Å²) in [6, 6.07) is 5.47. The molecule has 0 amide bonds. The number of aliphatic imine (C=N–C) groups is 1. The lowest BCUT2D eigenvalue weighted by Crippen LogP contribution is -2.53. The van der Waals surface area contributed by atoms with Crippen LogP contribution in [0.2, 0.25) is 0 Å². The number of piperazine rings is 1. The zero-order valence-electron chi connectivity index (χ0n) is 16.9. The van der Waals surface area contributed by atoms with Gasteiger partial charge in [0, 0.05) is 39.3 Å². The lowest BCUT2D eigenvalue weighted by molar-refractivity contribution is 0.164. The molecule has 1 heterocycles. The first-order valence-corrected chi connectivity index (χ1v) is 11.2. The van der Waals surface area contributed by atoms with E-state index in [0.29, 0.717) is 12.5 Å². The Morgan fingerprint density at radius 2 is 1.86 bits per heavy atom. The van der Waals surface area contributed by atoms with Gasteiger partial charge in [0.05, 0.1) is 12.3 Å². The molecule has 0 radical (unpaired) electrons. The van der Waals surface area contributed by atoms with Crippen LogP contribution < -0.4 is 5.32 Å². The Morgan fingerprint density at radius 3 is 2.43 bits per heavy atom. The fraction of sp³-hybridized carbons (Fsp3) is 0.632. The smallest absolute Gasteiger partial charge is 0.194 e. The molecule has 0 spiro atoms. The van der Waals surface area contributed by atoms with Crippen molar-refractivity contribution in [3.63, 3.8) is 0 Å². The molecule has 0 aromatic heterocycles. The molecule has 6 nitrogen and oxygen atoms in total. The molecular formula is C19H32FIN4O2S. The number of benzene rings is 1. The predicted molar refractivity (Wildman–Crippen MR) is 123 cm³/mol. The van der Waals surface area contributed by atoms with Crippen molar-refractivity contribution in [3.05, 3.63) is 30.1 Å². The molecule has 1 aliphatic rings. The van der Waals surface area contributed by atoms with Crippen LogP contribution in [0.3, 0.4) is 0 Å². The summed E-state index contributed by atoms with van der Waals surface area (Å²) >= 11 is 0. The van der Waals surface area contributed by atoms with Crippen molar-refractivity contribution < 1.29 is 12.8 Å². The summed E-state index contributed by atoms with van der Waals surface area (Å²) in [5, 5.41) is 3.23. The van der Waals surface area contributed by atoms with Gasteiger partial charge >= 0.3 is 0 Å². The van der Waals surface area contributed by atoms with E-state index in [1.807, 2.05) is 6.92 Å². The van der Waals surface area contributed by atoms with E-state index in [1.54, 1.807) is 0 Å². The molecule has 0 atom stereocenters. The number of guanidine groups is 1. The third-order valence-electron chi connectivity index (χ3n) is 4.42. The summed E-state index contributed by atoms with van der Waals surface area (Å²) in [6.07, 6.45) is 0. The first kappa shape index (κ1) is 25.1. The fourth-order valence-corrected chi connectivity index (χ4v) is 4.37. The molecule has 0 saturated carbocycles. The number of sulfone groups is 1. The molecule has 0 bridgehead atoms. The van der Waals surface area contributed by atoms with Gasteiger partial charge in [0.15, 0.2) is 15.8 Å². The van der Waals surface area contributed by atoms with Gasteiger partial charge in [-0.25, -0.2) is 12.8 Å². The van der Waals surface area contributed by atoms with Gasteiger partial charge in [0.25, 0.3) is 0 Å². The highest BCUT2D eigenvalue weighted by Gasteiger charge is 2.21. The molecule has 1 aliphatic heterocycles. The molecule has 0 unspecified atom stereocenters. The predicted octanol–water partition coefficient (Wildman–Crippen LogP) is 2.46. The van der Waals surface area contributed by atoms with Crippen LogP contribution in [0.4, 0.5) is 4.39 Å². The van der Waals surface area contributed by atoms with E-state index in [9.17, 15) is 12.8 Å². The molecule has 28 heavy (non-hydrogen) atoms. The topological polar surface area (TPSA) is 65.0 Å². The maximum Gasteiger partial charge on any atom is 0.194 e. The standard InChI is InChI=1S/C19H31FN4O2S.HI/c1-4-21-19(24-12-10-23(11-13-24)15-16(2)3)22-9-14-27(25,26)18-8-6-5-7-17(18)20;/h5-8,16H,4,9-15H2,1-3H3,(H,21,22);1H. The molecule has 1 aromatic rings. The zero-order valence-corrected chi connectivity index (χ0v) is 20.0. The molecule has 0 aliphatic carbocycles. The molecule has 160 valence electrons. The van der Waals surface area contributed by atoms with Gasteiger partial charge in [0.1, 0.15) is 10.7 Å². The van der Waals surface area contributed by atoms with E-state index in [1.165, 1.54) is 18.2 Å². The highest BCUT2D eigenvalue weighted by Crippen LogP contribution is 2.15. The van der Waals surface area contributed by atoms with Gasteiger partial charge in [-0.2, -0.15) is 0 Å². The van der Waals surface area contributed by atoms with Crippen molar-refractivity contribution >= 4 is 39.8 Å². The Morgan fingerprint density at radius 1 is 1.21 bits per heavy atom. The van der Waals surface area contributed by atoms with Gasteiger partial charge in [-0.05, 0) is 25.0 Å². The van der Waals surface area contributed by atoms with Crippen molar-refractivity contribution in [2.45, 2.75) is 25.7 Å². The van der Waals surface area contributed by atoms with E-state index in [-0.39, 0.29) is 41.2 Å². The third kappa shape index (κ3) is 7.47. The molecule has 1 N–H and O–H groups in total. The van der Waals surface area contributed by atoms with E-state index >= 15 is 0 Å². The number of nitrogens with zero attached hydrogens (tertiary/aromatic N) is 3. The molecule has 2 rings (SSSR count). The first-order valence-electron chi connectivity index (χ1n) is 9.56. The number of hydrogen-bond acceptors (Lipinski definition) is 4. The molecule has 1 fully saturated rings. The Bertz CT molecular complexity index is 735. The minimum Gasteiger partial charge on any atom is -0.357 e. The van der Waals surface area contributed by atoms with Crippen LogP contribution in [0, 0.1) is 11.7 Å². The van der Waals surface area contributed by atoms with Crippen molar-refractivity contribution in [1.82, 2.24) is 15.1 Å². The maximum atomic E-state index is 13.8. The van der Waals surface area contributed by atoms with Crippen LogP contribution in [0.15, 0.2) is 34.2 Å². The molecule has 1 aromatic carbocycles. The van der Waals surface area contributed by atoms with Gasteiger partial charge in [-0.3, -0.25) is 9.89 Å². The fourth-order valence-electron chi connectivity index (χ4n) is 3.16. The highest BCUT2D eigenvalue weighted by atomic mass is 127. The van der Waals surface area contributed by atoms with Gasteiger partial charge in [-0.15, -0.1) is 24.0 Å². The Kier molecular flexibility index (Phi) is 10.7. The Labute approximate surface area is 185 Å². The SMILES string of the molecule is CCNC(=NCCS(=O)(=O)c1ccccc1F)N1CCN(CC(C)C)CC1.I. The Balaban J connectivity index is 0.00000392. The third-order valence-corrected chi connectivity index (χ3v) is 6.14. The van der Waals surface area contributed by atoms with Crippen LogP contribution in [-0.4, -0.2) is 75.7 Å². The van der Waals surface area contributed by atoms with E-state index in [4.69, 9.17) is 0 Å². The first-order chi connectivity index (χ1) is 12.8. The summed E-state index contributed by atoms with van der Waals surface area (Å²) in [4.78, 5) is 8.82. The minimum absolute atomic E-state index is 0. The molecular weight excluding hydrogens is 494 g/mol. The van der Waals surface area contributed by atoms with Gasteiger partial charge in [0.2, 0.25) is 0 Å². The van der Waals surface area contributed by atoms with Crippen molar-refractivity contribution in [2.24, 2.45) is 10.9 Å². The number of nitrogens with one attached hydrogen (secondary N) is 1. The van der Waals surface area contributed by atoms with Crippen LogP contribution >= 0.6 is 24.0 Å². The van der Waals surface area contributed by atoms with E-state index in [2.05, 4.69) is 34.0 Å². The Hall–Kier alpha value is -0.940. The van der Waals surface area contributed by atoms with Gasteiger partial charge in [-0.1, -0.05) is 26.0 Å². The number of rotatable bonds is 7. The summed E-state index contributed by atoms with van der Waals surface area (Å²) in [5.41, 5.74) is 0. The average molecular weight is 526 g/mol. The number of halogens is 2. The van der Waals surface area contributed by atoms with Crippen molar-refractivity contribution in [1.29, 1.82) is 0 Å². The van der Waals surface area contributed by atoms with Gasteiger partial charge < -0.3 is 10.2 Å². The second kappa shape index (κ2) is 11.9. The summed E-state index contributed by atoms with van der Waals surface area (Å²) < 4.78 is 38.5. The number of hydrogen-bond donors (Lipinski definition) is 1. The average Bonchev–Trinajstić information content (AvgIpc) is 2.61. The van der Waals surface area contributed by atoms with Crippen molar-refractivity contribution in [2.75, 3.05) is 51.6 Å². The molecule has 9 heteroatoms. The maximum absolute atomic E-state index is 13.8. The van der Waals surface area contributed by atoms with Crippen LogP contribution in [-0.2, 0) is 9.84 Å². The monoisotopic (exact) mass is 526 g/mol. The van der Waals surface area contributed by atoms with E-state index in [0.717, 1.165) is 44.7 Å². The largest absolute Gasteiger partial charge is 0.357 e.